The topological polar surface area (TPSA) is 63.1 Å². The molecule has 1 saturated heterocycles. The number of aromatic nitrogens is 3. The lowest BCUT2D eigenvalue weighted by molar-refractivity contribution is 0.222. The highest BCUT2D eigenvalue weighted by Crippen LogP contribution is 2.29. The first-order chi connectivity index (χ1) is 13.2. The Morgan fingerprint density at radius 2 is 2.11 bits per heavy atom. The van der Waals surface area contributed by atoms with E-state index < -0.39 is 0 Å². The predicted molar refractivity (Wildman–Crippen MR) is 102 cm³/mol. The van der Waals surface area contributed by atoms with Crippen LogP contribution in [-0.4, -0.2) is 38.6 Å². The van der Waals surface area contributed by atoms with E-state index in [-0.39, 0.29) is 17.8 Å². The maximum atomic E-state index is 13.0. The van der Waals surface area contributed by atoms with E-state index in [4.69, 9.17) is 4.98 Å². The number of hydrogen-bond acceptors (Lipinski definition) is 3. The molecule has 1 atom stereocenters. The van der Waals surface area contributed by atoms with Crippen LogP contribution in [0.4, 0.5) is 14.9 Å². The molecule has 0 bridgehead atoms. The minimum atomic E-state index is -0.322. The van der Waals surface area contributed by atoms with Crippen LogP contribution in [-0.2, 0) is 6.54 Å². The van der Waals surface area contributed by atoms with E-state index in [0.29, 0.717) is 18.8 Å². The van der Waals surface area contributed by atoms with Gasteiger partial charge in [0.1, 0.15) is 17.2 Å². The molecule has 27 heavy (non-hydrogen) atoms. The lowest BCUT2D eigenvalue weighted by Crippen LogP contribution is -2.33. The Balaban J connectivity index is 1.51. The molecule has 3 aromatic rings. The van der Waals surface area contributed by atoms with Crippen molar-refractivity contribution in [2.24, 2.45) is 0 Å². The molecule has 2 amide bonds. The number of urea groups is 1. The van der Waals surface area contributed by atoms with Crippen molar-refractivity contribution in [1.82, 2.24) is 19.4 Å². The summed E-state index contributed by atoms with van der Waals surface area (Å²) in [5.74, 6) is 0.866. The molecule has 0 unspecified atom stereocenters. The van der Waals surface area contributed by atoms with E-state index >= 15 is 0 Å². The molecule has 4 rings (SSSR count). The summed E-state index contributed by atoms with van der Waals surface area (Å²) in [5, 5.41) is 2.83. The van der Waals surface area contributed by atoms with Crippen molar-refractivity contribution in [2.75, 3.05) is 18.4 Å². The number of nitrogens with zero attached hydrogens (tertiary/aromatic N) is 4. The molecule has 0 radical (unpaired) electrons. The number of anilines is 1. The SMILES string of the molecule is CCCn1c([C@@H]2CCN(C(=O)Nc3ccc(F)cc3)C2)nc2cccnc21. The van der Waals surface area contributed by atoms with Crippen molar-refractivity contribution in [1.29, 1.82) is 0 Å². The summed E-state index contributed by atoms with van der Waals surface area (Å²) in [6.45, 7) is 4.28. The lowest BCUT2D eigenvalue weighted by atomic mass is 10.1. The highest BCUT2D eigenvalue weighted by molar-refractivity contribution is 5.89. The third-order valence-corrected chi connectivity index (χ3v) is 4.92. The fraction of sp³-hybridized carbons (Fsp3) is 0.350. The van der Waals surface area contributed by atoms with Crippen LogP contribution < -0.4 is 5.32 Å². The first-order valence-electron chi connectivity index (χ1n) is 9.28. The molecule has 0 aliphatic carbocycles. The second-order valence-corrected chi connectivity index (χ2v) is 6.84. The highest BCUT2D eigenvalue weighted by Gasteiger charge is 2.31. The van der Waals surface area contributed by atoms with Gasteiger partial charge in [0.25, 0.3) is 0 Å². The summed E-state index contributed by atoms with van der Waals surface area (Å²) >= 11 is 0. The maximum Gasteiger partial charge on any atom is 0.321 e. The Morgan fingerprint density at radius 1 is 1.30 bits per heavy atom. The van der Waals surface area contributed by atoms with Crippen LogP contribution in [0.2, 0.25) is 0 Å². The minimum Gasteiger partial charge on any atom is -0.324 e. The van der Waals surface area contributed by atoms with Gasteiger partial charge in [0.05, 0.1) is 0 Å². The predicted octanol–water partition coefficient (Wildman–Crippen LogP) is 4.00. The summed E-state index contributed by atoms with van der Waals surface area (Å²) in [7, 11) is 0. The van der Waals surface area contributed by atoms with Crippen molar-refractivity contribution in [3.8, 4) is 0 Å². The van der Waals surface area contributed by atoms with E-state index in [0.717, 1.165) is 36.4 Å². The van der Waals surface area contributed by atoms with Crippen LogP contribution in [0.1, 0.15) is 31.5 Å². The Morgan fingerprint density at radius 3 is 2.89 bits per heavy atom. The van der Waals surface area contributed by atoms with Crippen molar-refractivity contribution in [3.05, 3.63) is 54.2 Å². The zero-order valence-electron chi connectivity index (χ0n) is 15.2. The Kier molecular flexibility index (Phi) is 4.75. The van der Waals surface area contributed by atoms with E-state index in [1.54, 1.807) is 23.2 Å². The number of nitrogens with one attached hydrogen (secondary N) is 1. The Bertz CT molecular complexity index is 953. The molecule has 1 aliphatic rings. The maximum absolute atomic E-state index is 13.0. The minimum absolute atomic E-state index is 0.166. The first kappa shape index (κ1) is 17.5. The number of hydrogen-bond donors (Lipinski definition) is 1. The van der Waals surface area contributed by atoms with Crippen molar-refractivity contribution >= 4 is 22.9 Å². The molecule has 0 saturated carbocycles. The number of halogens is 1. The van der Waals surface area contributed by atoms with Gasteiger partial charge in [0.15, 0.2) is 5.65 Å². The van der Waals surface area contributed by atoms with E-state index in [9.17, 15) is 9.18 Å². The molecule has 1 aliphatic heterocycles. The number of likely N-dealkylation sites (tertiary alicyclic amines) is 1. The van der Waals surface area contributed by atoms with Crippen LogP contribution >= 0.6 is 0 Å². The van der Waals surface area contributed by atoms with Gasteiger partial charge in [-0.05, 0) is 49.2 Å². The Hall–Kier alpha value is -2.96. The normalized spacial score (nSPS) is 16.8. The molecule has 7 heteroatoms. The number of rotatable bonds is 4. The van der Waals surface area contributed by atoms with Crippen LogP contribution in [0.3, 0.4) is 0 Å². The zero-order valence-corrected chi connectivity index (χ0v) is 15.2. The number of pyridine rings is 1. The zero-order chi connectivity index (χ0) is 18.8. The average Bonchev–Trinajstić information content (AvgIpc) is 3.29. The standard InChI is InChI=1S/C20H22FN5O/c1-2-11-26-18(24-17-4-3-10-22-19(17)26)14-9-12-25(13-14)20(27)23-16-7-5-15(21)6-8-16/h3-8,10,14H,2,9,11-13H2,1H3,(H,23,27)/t14-/m1/s1. The van der Waals surface area contributed by atoms with Crippen molar-refractivity contribution in [3.63, 3.8) is 0 Å². The van der Waals surface area contributed by atoms with Gasteiger partial charge in [0, 0.05) is 37.4 Å². The molecule has 140 valence electrons. The van der Waals surface area contributed by atoms with Gasteiger partial charge in [-0.25, -0.2) is 19.2 Å². The summed E-state index contributed by atoms with van der Waals surface area (Å²) < 4.78 is 15.2. The monoisotopic (exact) mass is 367 g/mol. The van der Waals surface area contributed by atoms with Crippen LogP contribution in [0.25, 0.3) is 11.2 Å². The van der Waals surface area contributed by atoms with Crippen molar-refractivity contribution < 1.29 is 9.18 Å². The quantitative estimate of drug-likeness (QED) is 0.758. The number of benzene rings is 1. The molecule has 1 aromatic carbocycles. The first-order valence-corrected chi connectivity index (χ1v) is 9.28. The fourth-order valence-electron chi connectivity index (χ4n) is 3.62. The average molecular weight is 367 g/mol. The summed E-state index contributed by atoms with van der Waals surface area (Å²) in [5.41, 5.74) is 2.39. The number of carbonyl (C=O) groups is 1. The Labute approximate surface area is 157 Å². The lowest BCUT2D eigenvalue weighted by Gasteiger charge is -2.18. The summed E-state index contributed by atoms with van der Waals surface area (Å²) in [6, 6.07) is 9.50. The van der Waals surface area contributed by atoms with Crippen molar-refractivity contribution in [2.45, 2.75) is 32.2 Å². The largest absolute Gasteiger partial charge is 0.324 e. The molecule has 1 fully saturated rings. The number of amides is 2. The molecule has 3 heterocycles. The second-order valence-electron chi connectivity index (χ2n) is 6.84. The third-order valence-electron chi connectivity index (χ3n) is 4.92. The van der Waals surface area contributed by atoms with Gasteiger partial charge in [-0.3, -0.25) is 0 Å². The van der Waals surface area contributed by atoms with Gasteiger partial charge in [-0.1, -0.05) is 6.92 Å². The number of aryl methyl sites for hydroxylation is 1. The fourth-order valence-corrected chi connectivity index (χ4v) is 3.62. The van der Waals surface area contributed by atoms with Gasteiger partial charge in [0.2, 0.25) is 0 Å². The molecule has 2 aromatic heterocycles. The summed E-state index contributed by atoms with van der Waals surface area (Å²) in [4.78, 5) is 23.6. The molecule has 1 N–H and O–H groups in total. The van der Waals surface area contributed by atoms with Crippen LogP contribution in [0.5, 0.6) is 0 Å². The third kappa shape index (κ3) is 3.49. The van der Waals surface area contributed by atoms with Crippen LogP contribution in [0, 0.1) is 5.82 Å². The van der Waals surface area contributed by atoms with Gasteiger partial charge < -0.3 is 14.8 Å². The van der Waals surface area contributed by atoms with E-state index in [1.165, 1.54) is 12.1 Å². The molecule has 6 nitrogen and oxygen atoms in total. The smallest absolute Gasteiger partial charge is 0.321 e. The van der Waals surface area contributed by atoms with E-state index in [1.807, 2.05) is 12.1 Å². The highest BCUT2D eigenvalue weighted by atomic mass is 19.1. The van der Waals surface area contributed by atoms with Gasteiger partial charge >= 0.3 is 6.03 Å². The van der Waals surface area contributed by atoms with Crippen LogP contribution in [0.15, 0.2) is 42.6 Å². The second kappa shape index (κ2) is 7.34. The number of imidazole rings is 1. The summed E-state index contributed by atoms with van der Waals surface area (Å²) in [6.07, 6.45) is 3.65. The number of fused-ring (bicyclic) bond motifs is 1. The number of carbonyl (C=O) groups excluding carboxylic acids is 1. The van der Waals surface area contributed by atoms with E-state index in [2.05, 4.69) is 21.8 Å². The molecule has 0 spiro atoms. The van der Waals surface area contributed by atoms with Gasteiger partial charge in [-0.2, -0.15) is 0 Å². The molecular weight excluding hydrogens is 345 g/mol. The molecular formula is C20H22FN5O. The van der Waals surface area contributed by atoms with Gasteiger partial charge in [-0.15, -0.1) is 0 Å².